The Morgan fingerprint density at radius 3 is 2.59 bits per heavy atom. The second-order valence-electron chi connectivity index (χ2n) is 11.1. The molecule has 0 aromatic heterocycles. The monoisotopic (exact) mass is 461 g/mol. The second-order valence-corrected chi connectivity index (χ2v) is 11.1. The highest BCUT2D eigenvalue weighted by Crippen LogP contribution is 2.37. The average molecular weight is 462 g/mol. The molecule has 3 atom stereocenters. The lowest BCUT2D eigenvalue weighted by molar-refractivity contribution is 0.0214. The molecule has 1 saturated carbocycles. The number of rotatable bonds is 8. The Balaban J connectivity index is 1.10. The molecule has 3 aliphatic rings. The van der Waals surface area contributed by atoms with Gasteiger partial charge < -0.3 is 9.84 Å². The normalized spacial score (nSPS) is 26.9. The van der Waals surface area contributed by atoms with Crippen molar-refractivity contribution in [2.24, 2.45) is 11.8 Å². The molecule has 2 aromatic carbocycles. The molecule has 34 heavy (non-hydrogen) atoms. The number of nitrogens with zero attached hydrogens (tertiary/aromatic N) is 1. The fourth-order valence-electron chi connectivity index (χ4n) is 6.10. The predicted molar refractivity (Wildman–Crippen MR) is 135 cm³/mol. The summed E-state index contributed by atoms with van der Waals surface area (Å²) in [6.07, 6.45) is 9.01. The minimum absolute atomic E-state index is 0.214. The van der Waals surface area contributed by atoms with E-state index in [-0.39, 0.29) is 5.78 Å². The first-order chi connectivity index (χ1) is 16.5. The molecule has 0 spiro atoms. The first kappa shape index (κ1) is 23.6. The topological polar surface area (TPSA) is 49.8 Å². The molecule has 2 heterocycles. The molecule has 182 valence electrons. The maximum Gasteiger partial charge on any atom is 0.162 e. The van der Waals surface area contributed by atoms with Crippen molar-refractivity contribution >= 4 is 5.78 Å². The van der Waals surface area contributed by atoms with Gasteiger partial charge in [-0.25, -0.2) is 0 Å². The molecule has 0 amide bonds. The van der Waals surface area contributed by atoms with Crippen LogP contribution in [0.3, 0.4) is 0 Å². The summed E-state index contributed by atoms with van der Waals surface area (Å²) in [5.41, 5.74) is 4.08. The third-order valence-corrected chi connectivity index (χ3v) is 8.37. The van der Waals surface area contributed by atoms with Crippen LogP contribution in [0, 0.1) is 11.8 Å². The van der Waals surface area contributed by atoms with Crippen LogP contribution in [0.4, 0.5) is 0 Å². The first-order valence-electron chi connectivity index (χ1n) is 13.3. The van der Waals surface area contributed by atoms with Gasteiger partial charge in [0.25, 0.3) is 0 Å². The van der Waals surface area contributed by atoms with Gasteiger partial charge in [0.05, 0.1) is 12.2 Å². The predicted octanol–water partition coefficient (Wildman–Crippen LogP) is 5.59. The van der Waals surface area contributed by atoms with Crippen LogP contribution < -0.4 is 4.74 Å². The number of benzene rings is 2. The van der Waals surface area contributed by atoms with Crippen molar-refractivity contribution in [1.29, 1.82) is 0 Å². The molecule has 4 heteroatoms. The Morgan fingerprint density at radius 1 is 1.09 bits per heavy atom. The summed E-state index contributed by atoms with van der Waals surface area (Å²) < 4.78 is 6.12. The molecule has 1 aliphatic carbocycles. The number of carbonyl (C=O) groups is 1. The Kier molecular flexibility index (Phi) is 7.08. The fourth-order valence-corrected chi connectivity index (χ4v) is 6.10. The van der Waals surface area contributed by atoms with Gasteiger partial charge in [0.15, 0.2) is 5.78 Å². The molecule has 5 rings (SSSR count). The minimum atomic E-state index is -0.551. The SMILES string of the molecule is C[C@@]1(O)CCC[C@H]1Cc1ccc(C(=O)CC[C@H]2COc3cc(CN4CCCC4)ccc3C2)cc1. The summed E-state index contributed by atoms with van der Waals surface area (Å²) >= 11 is 0. The number of hydrogen-bond acceptors (Lipinski definition) is 4. The number of hydrogen-bond donors (Lipinski definition) is 1. The van der Waals surface area contributed by atoms with Crippen molar-refractivity contribution in [3.8, 4) is 5.75 Å². The molecular formula is C30H39NO3. The lowest BCUT2D eigenvalue weighted by Gasteiger charge is -2.26. The quantitative estimate of drug-likeness (QED) is 0.521. The van der Waals surface area contributed by atoms with E-state index in [0.717, 1.165) is 56.4 Å². The van der Waals surface area contributed by atoms with Crippen LogP contribution in [0.25, 0.3) is 0 Å². The Bertz CT molecular complexity index is 991. The Morgan fingerprint density at radius 2 is 1.85 bits per heavy atom. The Hall–Kier alpha value is -2.17. The van der Waals surface area contributed by atoms with Crippen molar-refractivity contribution < 1.29 is 14.6 Å². The summed E-state index contributed by atoms with van der Waals surface area (Å²) in [4.78, 5) is 15.3. The van der Waals surface area contributed by atoms with E-state index in [4.69, 9.17) is 4.74 Å². The molecule has 2 aliphatic heterocycles. The number of likely N-dealkylation sites (tertiary alicyclic amines) is 1. The molecule has 4 nitrogen and oxygen atoms in total. The van der Waals surface area contributed by atoms with Crippen LogP contribution in [-0.4, -0.2) is 41.1 Å². The van der Waals surface area contributed by atoms with Crippen LogP contribution in [0.1, 0.15) is 78.9 Å². The third-order valence-electron chi connectivity index (χ3n) is 8.37. The highest BCUT2D eigenvalue weighted by molar-refractivity contribution is 5.96. The highest BCUT2D eigenvalue weighted by Gasteiger charge is 2.36. The highest BCUT2D eigenvalue weighted by atomic mass is 16.5. The number of ketones is 1. The smallest absolute Gasteiger partial charge is 0.162 e. The van der Waals surface area contributed by atoms with Gasteiger partial charge in [-0.15, -0.1) is 0 Å². The summed E-state index contributed by atoms with van der Waals surface area (Å²) in [6, 6.07) is 14.8. The first-order valence-corrected chi connectivity index (χ1v) is 13.3. The van der Waals surface area contributed by atoms with Crippen molar-refractivity contribution in [2.45, 2.75) is 76.9 Å². The van der Waals surface area contributed by atoms with Gasteiger partial charge in [0, 0.05) is 18.5 Å². The van der Waals surface area contributed by atoms with E-state index in [1.54, 1.807) is 0 Å². The van der Waals surface area contributed by atoms with Crippen molar-refractivity contribution in [1.82, 2.24) is 4.90 Å². The minimum Gasteiger partial charge on any atom is -0.493 e. The lowest BCUT2D eigenvalue weighted by Crippen LogP contribution is -2.30. The summed E-state index contributed by atoms with van der Waals surface area (Å²) in [5.74, 6) is 1.96. The van der Waals surface area contributed by atoms with Crippen molar-refractivity contribution in [3.63, 3.8) is 0 Å². The van der Waals surface area contributed by atoms with Crippen molar-refractivity contribution in [2.75, 3.05) is 19.7 Å². The van der Waals surface area contributed by atoms with Crippen LogP contribution >= 0.6 is 0 Å². The molecule has 0 unspecified atom stereocenters. The van der Waals surface area contributed by atoms with Gasteiger partial charge >= 0.3 is 0 Å². The lowest BCUT2D eigenvalue weighted by atomic mass is 9.87. The van der Waals surface area contributed by atoms with E-state index in [1.165, 1.54) is 42.6 Å². The standard InChI is InChI=1S/C30H39NO3/c1-30(33)14-4-5-27(30)18-22-6-10-25(11-7-22)28(32)13-9-24-17-26-12-8-23(19-29(26)34-21-24)20-31-15-2-3-16-31/h6-8,10-12,19,24,27,33H,2-5,9,13-18,20-21H2,1H3/t24-,27+,30-/m1/s1. The van der Waals surface area contributed by atoms with Gasteiger partial charge in [-0.1, -0.05) is 42.8 Å². The molecule has 2 fully saturated rings. The van der Waals surface area contributed by atoms with E-state index in [1.807, 2.05) is 19.1 Å². The second kappa shape index (κ2) is 10.2. The van der Waals surface area contributed by atoms with Gasteiger partial charge in [-0.05, 0) is 99.6 Å². The molecule has 1 saturated heterocycles. The number of ether oxygens (including phenoxy) is 1. The van der Waals surface area contributed by atoms with Crippen LogP contribution in [0.15, 0.2) is 42.5 Å². The van der Waals surface area contributed by atoms with Crippen LogP contribution in [0.5, 0.6) is 5.75 Å². The van der Waals surface area contributed by atoms with E-state index < -0.39 is 5.60 Å². The molecule has 2 aromatic rings. The largest absolute Gasteiger partial charge is 0.493 e. The van der Waals surface area contributed by atoms with E-state index in [9.17, 15) is 9.90 Å². The molecule has 0 radical (unpaired) electrons. The summed E-state index contributed by atoms with van der Waals surface area (Å²) in [6.45, 7) is 6.10. The third kappa shape index (κ3) is 5.55. The summed E-state index contributed by atoms with van der Waals surface area (Å²) in [5, 5.41) is 10.5. The van der Waals surface area contributed by atoms with Gasteiger partial charge in [-0.2, -0.15) is 0 Å². The van der Waals surface area contributed by atoms with Crippen LogP contribution in [-0.2, 0) is 19.4 Å². The zero-order chi connectivity index (χ0) is 23.5. The fraction of sp³-hybridized carbons (Fsp3) is 0.567. The number of Topliss-reactive ketones (excluding diaryl/α,β-unsaturated/α-hetero) is 1. The zero-order valence-electron chi connectivity index (χ0n) is 20.6. The van der Waals surface area contributed by atoms with E-state index >= 15 is 0 Å². The van der Waals surface area contributed by atoms with E-state index in [0.29, 0.717) is 24.9 Å². The molecular weight excluding hydrogens is 422 g/mol. The van der Waals surface area contributed by atoms with Gasteiger partial charge in [0.2, 0.25) is 0 Å². The average Bonchev–Trinajstić information content (AvgIpc) is 3.47. The Labute approximate surface area is 204 Å². The van der Waals surface area contributed by atoms with Gasteiger partial charge in [0.1, 0.15) is 5.75 Å². The van der Waals surface area contributed by atoms with Crippen molar-refractivity contribution in [3.05, 3.63) is 64.7 Å². The number of carbonyl (C=O) groups excluding carboxylic acids is 1. The maximum absolute atomic E-state index is 12.8. The zero-order valence-corrected chi connectivity index (χ0v) is 20.6. The molecule has 1 N–H and O–H groups in total. The molecule has 0 bridgehead atoms. The van der Waals surface area contributed by atoms with Crippen LogP contribution in [0.2, 0.25) is 0 Å². The number of fused-ring (bicyclic) bond motifs is 1. The summed E-state index contributed by atoms with van der Waals surface area (Å²) in [7, 11) is 0. The maximum atomic E-state index is 12.8. The van der Waals surface area contributed by atoms with E-state index in [2.05, 4.69) is 35.2 Å². The van der Waals surface area contributed by atoms with Gasteiger partial charge in [-0.3, -0.25) is 9.69 Å². The number of aliphatic hydroxyl groups is 1.